The highest BCUT2D eigenvalue weighted by molar-refractivity contribution is 9.10. The quantitative estimate of drug-likeness (QED) is 0.808. The Morgan fingerprint density at radius 3 is 2.48 bits per heavy atom. The van der Waals surface area contributed by atoms with Crippen LogP contribution in [0.5, 0.6) is 0 Å². The van der Waals surface area contributed by atoms with E-state index in [0.29, 0.717) is 11.1 Å². The standard InChI is InChI=1S/C14H14BrFN2O2S/c1-8-4-3-5-12(17)14(8)21(19,20)18-13-7-11(16)10(15)6-9(13)2/h3-7,18H,17H2,1-2H3. The monoisotopic (exact) mass is 372 g/mol. The molecule has 0 spiro atoms. The molecule has 0 radical (unpaired) electrons. The molecule has 7 heteroatoms. The zero-order valence-corrected chi connectivity index (χ0v) is 13.8. The van der Waals surface area contributed by atoms with E-state index in [2.05, 4.69) is 20.7 Å². The lowest BCUT2D eigenvalue weighted by atomic mass is 10.2. The van der Waals surface area contributed by atoms with Crippen LogP contribution in [-0.2, 0) is 10.0 Å². The fourth-order valence-corrected chi connectivity index (χ4v) is 3.93. The van der Waals surface area contributed by atoms with Crippen molar-refractivity contribution in [3.8, 4) is 0 Å². The smallest absolute Gasteiger partial charge is 0.264 e. The number of rotatable bonds is 3. The van der Waals surface area contributed by atoms with Crippen molar-refractivity contribution in [2.24, 2.45) is 0 Å². The van der Waals surface area contributed by atoms with Crippen LogP contribution < -0.4 is 10.5 Å². The Hall–Kier alpha value is -1.60. The number of benzene rings is 2. The second-order valence-corrected chi connectivity index (χ2v) is 7.15. The Labute approximate surface area is 131 Å². The molecule has 0 aromatic heterocycles. The van der Waals surface area contributed by atoms with Gasteiger partial charge in [0.2, 0.25) is 0 Å². The Morgan fingerprint density at radius 1 is 1.19 bits per heavy atom. The predicted octanol–water partition coefficient (Wildman–Crippen LogP) is 3.59. The summed E-state index contributed by atoms with van der Waals surface area (Å²) in [6.45, 7) is 3.34. The first-order chi connectivity index (χ1) is 9.72. The van der Waals surface area contributed by atoms with Crippen molar-refractivity contribution in [2.45, 2.75) is 18.7 Å². The number of hydrogen-bond acceptors (Lipinski definition) is 3. The third-order valence-corrected chi connectivity index (χ3v) is 5.21. The summed E-state index contributed by atoms with van der Waals surface area (Å²) in [4.78, 5) is 0.00715. The van der Waals surface area contributed by atoms with Crippen LogP contribution in [0.2, 0.25) is 0 Å². The van der Waals surface area contributed by atoms with E-state index < -0.39 is 15.8 Å². The highest BCUT2D eigenvalue weighted by atomic mass is 79.9. The van der Waals surface area contributed by atoms with Crippen molar-refractivity contribution in [2.75, 3.05) is 10.5 Å². The highest BCUT2D eigenvalue weighted by Crippen LogP contribution is 2.28. The van der Waals surface area contributed by atoms with Gasteiger partial charge in [-0.2, -0.15) is 0 Å². The molecule has 0 atom stereocenters. The molecular formula is C14H14BrFN2O2S. The van der Waals surface area contributed by atoms with Crippen molar-refractivity contribution in [3.63, 3.8) is 0 Å². The van der Waals surface area contributed by atoms with Crippen molar-refractivity contribution < 1.29 is 12.8 Å². The van der Waals surface area contributed by atoms with Gasteiger partial charge in [0.25, 0.3) is 10.0 Å². The first-order valence-corrected chi connectivity index (χ1v) is 8.33. The first-order valence-electron chi connectivity index (χ1n) is 6.06. The number of anilines is 2. The summed E-state index contributed by atoms with van der Waals surface area (Å²) in [5.74, 6) is -0.545. The minimum Gasteiger partial charge on any atom is -0.398 e. The van der Waals surface area contributed by atoms with Gasteiger partial charge in [-0.3, -0.25) is 4.72 Å². The minimum atomic E-state index is -3.88. The van der Waals surface area contributed by atoms with Crippen molar-refractivity contribution in [1.82, 2.24) is 0 Å². The maximum Gasteiger partial charge on any atom is 0.264 e. The molecule has 112 valence electrons. The van der Waals surface area contributed by atoms with Gasteiger partial charge in [-0.15, -0.1) is 0 Å². The van der Waals surface area contributed by atoms with Gasteiger partial charge in [-0.25, -0.2) is 12.8 Å². The van der Waals surface area contributed by atoms with Crippen LogP contribution in [0.25, 0.3) is 0 Å². The van der Waals surface area contributed by atoms with Gasteiger partial charge < -0.3 is 5.73 Å². The third kappa shape index (κ3) is 3.19. The molecule has 21 heavy (non-hydrogen) atoms. The molecule has 0 saturated carbocycles. The van der Waals surface area contributed by atoms with Gasteiger partial charge in [-0.05, 0) is 59.1 Å². The zero-order valence-electron chi connectivity index (χ0n) is 11.4. The average Bonchev–Trinajstić information content (AvgIpc) is 2.35. The highest BCUT2D eigenvalue weighted by Gasteiger charge is 2.21. The topological polar surface area (TPSA) is 72.2 Å². The molecule has 0 saturated heterocycles. The van der Waals surface area contributed by atoms with Crippen LogP contribution in [-0.4, -0.2) is 8.42 Å². The van der Waals surface area contributed by atoms with Crippen LogP contribution in [0.1, 0.15) is 11.1 Å². The first kappa shape index (κ1) is 15.8. The summed E-state index contributed by atoms with van der Waals surface area (Å²) in [6, 6.07) is 7.48. The summed E-state index contributed by atoms with van der Waals surface area (Å²) in [5.41, 5.74) is 7.20. The molecule has 2 aromatic rings. The summed E-state index contributed by atoms with van der Waals surface area (Å²) in [5, 5.41) is 0. The second kappa shape index (κ2) is 5.65. The van der Waals surface area contributed by atoms with Gasteiger partial charge in [0.1, 0.15) is 10.7 Å². The maximum absolute atomic E-state index is 13.6. The Kier molecular flexibility index (Phi) is 4.25. The van der Waals surface area contributed by atoms with Gasteiger partial charge >= 0.3 is 0 Å². The molecule has 0 aliphatic carbocycles. The molecule has 0 aliphatic heterocycles. The summed E-state index contributed by atoms with van der Waals surface area (Å²) < 4.78 is 41.2. The lowest BCUT2D eigenvalue weighted by Crippen LogP contribution is -2.17. The normalized spacial score (nSPS) is 11.4. The van der Waals surface area contributed by atoms with E-state index in [1.807, 2.05) is 0 Å². The number of nitrogens with two attached hydrogens (primary N) is 1. The third-order valence-electron chi connectivity index (χ3n) is 3.02. The fourth-order valence-electron chi connectivity index (χ4n) is 1.99. The number of sulfonamides is 1. The van der Waals surface area contributed by atoms with E-state index >= 15 is 0 Å². The van der Waals surface area contributed by atoms with E-state index in [9.17, 15) is 12.8 Å². The van der Waals surface area contributed by atoms with E-state index in [1.165, 1.54) is 12.1 Å². The maximum atomic E-state index is 13.6. The van der Waals surface area contributed by atoms with E-state index in [1.54, 1.807) is 26.0 Å². The van der Waals surface area contributed by atoms with E-state index in [0.717, 1.165) is 6.07 Å². The second-order valence-electron chi connectivity index (χ2n) is 4.68. The van der Waals surface area contributed by atoms with Crippen molar-refractivity contribution in [1.29, 1.82) is 0 Å². The summed E-state index contributed by atoms with van der Waals surface area (Å²) in [6.07, 6.45) is 0. The number of nitrogen functional groups attached to an aromatic ring is 1. The minimum absolute atomic E-state index is 0.00715. The van der Waals surface area contributed by atoms with Crippen LogP contribution in [0.4, 0.5) is 15.8 Å². The molecule has 2 aromatic carbocycles. The molecule has 3 N–H and O–H groups in total. The Bertz CT molecular complexity index is 787. The molecule has 4 nitrogen and oxygen atoms in total. The molecular weight excluding hydrogens is 359 g/mol. The van der Waals surface area contributed by atoms with Crippen LogP contribution in [0, 0.1) is 19.7 Å². The largest absolute Gasteiger partial charge is 0.398 e. The molecule has 0 aliphatic rings. The van der Waals surface area contributed by atoms with E-state index in [-0.39, 0.29) is 20.7 Å². The average molecular weight is 373 g/mol. The molecule has 0 bridgehead atoms. The Balaban J connectivity index is 2.50. The lowest BCUT2D eigenvalue weighted by Gasteiger charge is -2.14. The van der Waals surface area contributed by atoms with Crippen LogP contribution in [0.15, 0.2) is 39.7 Å². The Morgan fingerprint density at radius 2 is 1.86 bits per heavy atom. The molecule has 0 fully saturated rings. The molecule has 0 amide bonds. The number of nitrogens with one attached hydrogen (secondary N) is 1. The van der Waals surface area contributed by atoms with Crippen LogP contribution >= 0.6 is 15.9 Å². The van der Waals surface area contributed by atoms with E-state index in [4.69, 9.17) is 5.73 Å². The molecule has 2 rings (SSSR count). The zero-order chi connectivity index (χ0) is 15.8. The van der Waals surface area contributed by atoms with Crippen molar-refractivity contribution in [3.05, 3.63) is 51.7 Å². The molecule has 0 heterocycles. The van der Waals surface area contributed by atoms with Gasteiger partial charge in [0.15, 0.2) is 0 Å². The van der Waals surface area contributed by atoms with Gasteiger partial charge in [0, 0.05) is 0 Å². The number of hydrogen-bond donors (Lipinski definition) is 2. The number of aryl methyl sites for hydroxylation is 2. The summed E-state index contributed by atoms with van der Waals surface area (Å²) in [7, 11) is -3.88. The molecule has 0 unspecified atom stereocenters. The fraction of sp³-hybridized carbons (Fsp3) is 0.143. The lowest BCUT2D eigenvalue weighted by molar-refractivity contribution is 0.600. The summed E-state index contributed by atoms with van der Waals surface area (Å²) >= 11 is 3.06. The van der Waals surface area contributed by atoms with Gasteiger partial charge in [0.05, 0.1) is 15.8 Å². The van der Waals surface area contributed by atoms with Gasteiger partial charge in [-0.1, -0.05) is 12.1 Å². The van der Waals surface area contributed by atoms with Crippen LogP contribution in [0.3, 0.4) is 0 Å². The predicted molar refractivity (Wildman–Crippen MR) is 85.2 cm³/mol. The number of halogens is 2. The SMILES string of the molecule is Cc1cc(Br)c(F)cc1NS(=O)(=O)c1c(C)cccc1N. The van der Waals surface area contributed by atoms with Crippen molar-refractivity contribution >= 4 is 37.3 Å².